The summed E-state index contributed by atoms with van der Waals surface area (Å²) in [6.07, 6.45) is 8.53. The molecule has 0 spiro atoms. The number of ether oxygens (including phenoxy) is 1. The van der Waals surface area contributed by atoms with Crippen molar-refractivity contribution in [3.05, 3.63) is 0 Å². The van der Waals surface area contributed by atoms with Gasteiger partial charge in [0, 0.05) is 6.42 Å². The van der Waals surface area contributed by atoms with Crippen LogP contribution < -0.4 is 0 Å². The van der Waals surface area contributed by atoms with Crippen molar-refractivity contribution in [3.8, 4) is 0 Å². The van der Waals surface area contributed by atoms with Crippen LogP contribution in [-0.2, 0) is 9.53 Å². The molecule has 84 valence electrons. The van der Waals surface area contributed by atoms with Crippen LogP contribution in [0.25, 0.3) is 0 Å². The Labute approximate surface area is 88.0 Å². The van der Waals surface area contributed by atoms with Crippen molar-refractivity contribution < 1.29 is 9.53 Å². The fraction of sp³-hybridized carbons (Fsp3) is 0.917. The molecule has 0 aliphatic carbocycles. The zero-order valence-electron chi connectivity index (χ0n) is 9.68. The Morgan fingerprint density at radius 3 is 2.21 bits per heavy atom. The first-order valence-electron chi connectivity index (χ1n) is 5.96. The minimum Gasteiger partial charge on any atom is -0.466 e. The van der Waals surface area contributed by atoms with E-state index in [2.05, 4.69) is 13.8 Å². The lowest BCUT2D eigenvalue weighted by Gasteiger charge is -2.03. The maximum Gasteiger partial charge on any atom is 0.305 e. The Hall–Kier alpha value is -0.530. The highest BCUT2D eigenvalue weighted by Crippen LogP contribution is 2.02. The molecule has 0 unspecified atom stereocenters. The lowest BCUT2D eigenvalue weighted by molar-refractivity contribution is -0.143. The SMILES string of the molecule is CCCCCCOC(=O)CCCCC. The summed E-state index contributed by atoms with van der Waals surface area (Å²) in [6.45, 7) is 4.93. The van der Waals surface area contributed by atoms with Crippen LogP contribution in [0.3, 0.4) is 0 Å². The van der Waals surface area contributed by atoms with Crippen LogP contribution >= 0.6 is 0 Å². The van der Waals surface area contributed by atoms with Gasteiger partial charge in [-0.15, -0.1) is 0 Å². The summed E-state index contributed by atoms with van der Waals surface area (Å²) < 4.78 is 5.10. The van der Waals surface area contributed by atoms with Crippen molar-refractivity contribution in [2.75, 3.05) is 6.61 Å². The summed E-state index contributed by atoms with van der Waals surface area (Å²) in [5.41, 5.74) is 0. The topological polar surface area (TPSA) is 26.3 Å². The minimum absolute atomic E-state index is 0.0186. The molecule has 0 aliphatic rings. The van der Waals surface area contributed by atoms with Crippen molar-refractivity contribution in [1.82, 2.24) is 0 Å². The van der Waals surface area contributed by atoms with Gasteiger partial charge in [0.15, 0.2) is 0 Å². The van der Waals surface area contributed by atoms with E-state index in [-0.39, 0.29) is 5.97 Å². The smallest absolute Gasteiger partial charge is 0.305 e. The van der Waals surface area contributed by atoms with Crippen molar-refractivity contribution in [1.29, 1.82) is 0 Å². The van der Waals surface area contributed by atoms with Gasteiger partial charge in [-0.1, -0.05) is 46.0 Å². The quantitative estimate of drug-likeness (QED) is 0.419. The fourth-order valence-corrected chi connectivity index (χ4v) is 1.31. The van der Waals surface area contributed by atoms with Gasteiger partial charge < -0.3 is 4.74 Å². The molecule has 0 heterocycles. The Morgan fingerprint density at radius 2 is 1.57 bits per heavy atom. The van der Waals surface area contributed by atoms with Crippen molar-refractivity contribution in [2.45, 2.75) is 65.2 Å². The first-order chi connectivity index (χ1) is 6.81. The number of esters is 1. The van der Waals surface area contributed by atoms with Gasteiger partial charge in [-0.3, -0.25) is 4.79 Å². The zero-order chi connectivity index (χ0) is 10.6. The van der Waals surface area contributed by atoms with Crippen LogP contribution in [0, 0.1) is 0 Å². The van der Waals surface area contributed by atoms with Gasteiger partial charge in [0.05, 0.1) is 6.61 Å². The van der Waals surface area contributed by atoms with E-state index >= 15 is 0 Å². The molecule has 0 N–H and O–H groups in total. The number of carbonyl (C=O) groups excluding carboxylic acids is 1. The monoisotopic (exact) mass is 200 g/mol. The molecule has 0 rings (SSSR count). The second kappa shape index (κ2) is 10.6. The molecule has 0 saturated heterocycles. The first kappa shape index (κ1) is 13.5. The summed E-state index contributed by atoms with van der Waals surface area (Å²) >= 11 is 0. The van der Waals surface area contributed by atoms with Crippen LogP contribution in [-0.4, -0.2) is 12.6 Å². The van der Waals surface area contributed by atoms with E-state index < -0.39 is 0 Å². The first-order valence-corrected chi connectivity index (χ1v) is 5.96. The lowest BCUT2D eigenvalue weighted by Crippen LogP contribution is -2.05. The van der Waals surface area contributed by atoms with E-state index in [0.717, 1.165) is 25.7 Å². The largest absolute Gasteiger partial charge is 0.466 e. The van der Waals surface area contributed by atoms with Gasteiger partial charge in [0.2, 0.25) is 0 Å². The van der Waals surface area contributed by atoms with Gasteiger partial charge in [0.25, 0.3) is 0 Å². The Kier molecular flexibility index (Phi) is 10.2. The summed E-state index contributed by atoms with van der Waals surface area (Å²) in [4.78, 5) is 11.1. The number of carbonyl (C=O) groups is 1. The van der Waals surface area contributed by atoms with Crippen LogP contribution in [0.4, 0.5) is 0 Å². The van der Waals surface area contributed by atoms with E-state index in [1.54, 1.807) is 0 Å². The highest BCUT2D eigenvalue weighted by atomic mass is 16.5. The van der Waals surface area contributed by atoms with Crippen LogP contribution in [0.1, 0.15) is 65.2 Å². The number of unbranched alkanes of at least 4 members (excludes halogenated alkanes) is 5. The van der Waals surface area contributed by atoms with Gasteiger partial charge in [-0.25, -0.2) is 0 Å². The molecule has 0 aromatic carbocycles. The third kappa shape index (κ3) is 9.56. The maximum atomic E-state index is 11.1. The van der Waals surface area contributed by atoms with E-state index in [0.29, 0.717) is 13.0 Å². The average Bonchev–Trinajstić information content (AvgIpc) is 2.18. The summed E-state index contributed by atoms with van der Waals surface area (Å²) in [5, 5.41) is 0. The summed E-state index contributed by atoms with van der Waals surface area (Å²) in [7, 11) is 0. The summed E-state index contributed by atoms with van der Waals surface area (Å²) in [6, 6.07) is 0. The van der Waals surface area contributed by atoms with Crippen LogP contribution in [0.5, 0.6) is 0 Å². The second-order valence-electron chi connectivity index (χ2n) is 3.74. The predicted molar refractivity (Wildman–Crippen MR) is 59.2 cm³/mol. The molecule has 0 aromatic rings. The normalized spacial score (nSPS) is 10.1. The van der Waals surface area contributed by atoms with E-state index in [9.17, 15) is 4.79 Å². The molecule has 0 atom stereocenters. The molecule has 0 saturated carbocycles. The Balaban J connectivity index is 3.10. The standard InChI is InChI=1S/C12H24O2/c1-3-5-7-9-11-14-12(13)10-8-6-4-2/h3-11H2,1-2H3. The highest BCUT2D eigenvalue weighted by Gasteiger charge is 2.00. The Morgan fingerprint density at radius 1 is 0.929 bits per heavy atom. The maximum absolute atomic E-state index is 11.1. The van der Waals surface area contributed by atoms with Crippen molar-refractivity contribution in [3.63, 3.8) is 0 Å². The Bertz CT molecular complexity index is 132. The molecule has 0 aliphatic heterocycles. The van der Waals surface area contributed by atoms with Crippen molar-refractivity contribution >= 4 is 5.97 Å². The zero-order valence-corrected chi connectivity index (χ0v) is 9.68. The van der Waals surface area contributed by atoms with E-state index in [1.165, 1.54) is 19.3 Å². The second-order valence-corrected chi connectivity index (χ2v) is 3.74. The molecule has 0 fully saturated rings. The van der Waals surface area contributed by atoms with Gasteiger partial charge in [0.1, 0.15) is 0 Å². The number of hydrogen-bond acceptors (Lipinski definition) is 2. The van der Waals surface area contributed by atoms with E-state index in [1.807, 2.05) is 0 Å². The van der Waals surface area contributed by atoms with E-state index in [4.69, 9.17) is 4.74 Å². The average molecular weight is 200 g/mol. The number of rotatable bonds is 9. The molecular weight excluding hydrogens is 176 g/mol. The lowest BCUT2D eigenvalue weighted by atomic mass is 10.2. The van der Waals surface area contributed by atoms with Crippen LogP contribution in [0.15, 0.2) is 0 Å². The van der Waals surface area contributed by atoms with Gasteiger partial charge in [-0.2, -0.15) is 0 Å². The third-order valence-electron chi connectivity index (χ3n) is 2.25. The minimum atomic E-state index is -0.0186. The molecule has 2 nitrogen and oxygen atoms in total. The molecule has 0 amide bonds. The molecule has 0 radical (unpaired) electrons. The van der Waals surface area contributed by atoms with Gasteiger partial charge in [-0.05, 0) is 12.8 Å². The highest BCUT2D eigenvalue weighted by molar-refractivity contribution is 5.69. The summed E-state index contributed by atoms with van der Waals surface area (Å²) in [5.74, 6) is -0.0186. The number of hydrogen-bond donors (Lipinski definition) is 0. The van der Waals surface area contributed by atoms with Crippen molar-refractivity contribution in [2.24, 2.45) is 0 Å². The third-order valence-corrected chi connectivity index (χ3v) is 2.25. The molecular formula is C12H24O2. The predicted octanol–water partition coefficient (Wildman–Crippen LogP) is 3.69. The molecule has 14 heavy (non-hydrogen) atoms. The fourth-order valence-electron chi connectivity index (χ4n) is 1.31. The molecule has 2 heteroatoms. The van der Waals surface area contributed by atoms with Crippen LogP contribution in [0.2, 0.25) is 0 Å². The van der Waals surface area contributed by atoms with Gasteiger partial charge >= 0.3 is 5.97 Å². The molecule has 0 bridgehead atoms. The molecule has 0 aromatic heterocycles.